The molecule has 2 aromatic rings. The van der Waals surface area contributed by atoms with Gasteiger partial charge in [-0.3, -0.25) is 0 Å². The highest BCUT2D eigenvalue weighted by Gasteiger charge is 2.32. The van der Waals surface area contributed by atoms with E-state index in [2.05, 4.69) is 39.7 Å². The minimum absolute atomic E-state index is 0.268. The molecule has 144 valence electrons. The highest BCUT2D eigenvalue weighted by atomic mass is 19.1. The van der Waals surface area contributed by atoms with E-state index in [1.807, 2.05) is 12.3 Å². The minimum atomic E-state index is -0.269. The van der Waals surface area contributed by atoms with E-state index >= 15 is 0 Å². The second-order valence-corrected chi connectivity index (χ2v) is 7.77. The topological polar surface area (TPSA) is 65.1 Å². The number of hydrogen-bond donors (Lipinski definition) is 3. The quantitative estimate of drug-likeness (QED) is 0.706. The van der Waals surface area contributed by atoms with Crippen molar-refractivity contribution >= 4 is 23.1 Å². The van der Waals surface area contributed by atoms with Gasteiger partial charge in [-0.25, -0.2) is 9.37 Å². The maximum absolute atomic E-state index is 14.1. The molecule has 1 unspecified atom stereocenters. The molecule has 1 saturated carbocycles. The molecule has 0 radical (unpaired) electrons. The van der Waals surface area contributed by atoms with Crippen LogP contribution in [-0.2, 0) is 0 Å². The maximum Gasteiger partial charge on any atom is 0.224 e. The summed E-state index contributed by atoms with van der Waals surface area (Å²) in [5.74, 6) is 1.69. The lowest BCUT2D eigenvalue weighted by atomic mass is 10.2. The molecule has 0 spiro atoms. The van der Waals surface area contributed by atoms with E-state index in [9.17, 15) is 4.39 Å². The third-order valence-corrected chi connectivity index (χ3v) is 5.06. The molecular weight excluding hydrogens is 343 g/mol. The van der Waals surface area contributed by atoms with Crippen molar-refractivity contribution in [2.75, 3.05) is 27.4 Å². The first-order chi connectivity index (χ1) is 13.1. The van der Waals surface area contributed by atoms with Gasteiger partial charge >= 0.3 is 0 Å². The Morgan fingerprint density at radius 2 is 2.00 bits per heavy atom. The first-order valence-electron chi connectivity index (χ1n) is 9.78. The Kier molecular flexibility index (Phi) is 5.01. The lowest BCUT2D eigenvalue weighted by molar-refractivity contribution is 0.583. The molecule has 6 nitrogen and oxygen atoms in total. The summed E-state index contributed by atoms with van der Waals surface area (Å²) in [6, 6.07) is 7.18. The fraction of sp³-hybridized carbons (Fsp3) is 0.500. The highest BCUT2D eigenvalue weighted by molar-refractivity contribution is 5.74. The molecule has 1 aromatic heterocycles. The van der Waals surface area contributed by atoms with Gasteiger partial charge in [-0.1, -0.05) is 38.8 Å². The molecule has 1 aliphatic heterocycles. The van der Waals surface area contributed by atoms with Gasteiger partial charge in [0, 0.05) is 12.6 Å². The third-order valence-electron chi connectivity index (χ3n) is 5.06. The van der Waals surface area contributed by atoms with Gasteiger partial charge in [-0.15, -0.1) is 0 Å². The zero-order valence-electron chi connectivity index (χ0n) is 15.9. The van der Waals surface area contributed by atoms with Crippen LogP contribution in [0.1, 0.15) is 39.5 Å². The highest BCUT2D eigenvalue weighted by Crippen LogP contribution is 2.34. The first kappa shape index (κ1) is 17.8. The fourth-order valence-corrected chi connectivity index (χ4v) is 3.79. The van der Waals surface area contributed by atoms with Crippen molar-refractivity contribution in [3.8, 4) is 0 Å². The minimum Gasteiger partial charge on any atom is -0.351 e. The number of nitrogens with one attached hydrogen (secondary N) is 3. The fourth-order valence-electron chi connectivity index (χ4n) is 3.79. The van der Waals surface area contributed by atoms with E-state index in [4.69, 9.17) is 4.98 Å². The van der Waals surface area contributed by atoms with Crippen LogP contribution >= 0.6 is 0 Å². The number of nitrogens with zero attached hydrogens (tertiary/aromatic N) is 3. The molecule has 1 aliphatic carbocycles. The Morgan fingerprint density at radius 1 is 1.22 bits per heavy atom. The average Bonchev–Trinajstić information content (AvgIpc) is 3.26. The van der Waals surface area contributed by atoms with Crippen LogP contribution in [0.2, 0.25) is 0 Å². The molecule has 3 N–H and O–H groups in total. The predicted octanol–water partition coefficient (Wildman–Crippen LogP) is 4.25. The molecule has 1 aromatic carbocycles. The van der Waals surface area contributed by atoms with Crippen molar-refractivity contribution in [2.45, 2.75) is 51.9 Å². The van der Waals surface area contributed by atoms with Crippen molar-refractivity contribution in [1.29, 1.82) is 0 Å². The molecule has 2 aliphatic rings. The maximum atomic E-state index is 14.1. The van der Waals surface area contributed by atoms with Gasteiger partial charge < -0.3 is 20.9 Å². The standard InChI is InChI=1S/C20H27FN6/c1-13(2)12-27-18-17(11-22-19(26-18)23-14-7-3-4-8-14)25-20(27)24-16-10-6-5-9-15(16)21/h5-6,9-11,13-14,20,24-25H,3-4,7-8,12H2,1-2H3,(H,22,23,26). The number of halogens is 1. The number of aromatic nitrogens is 2. The Balaban J connectivity index is 1.57. The molecule has 4 rings (SSSR count). The molecule has 0 saturated heterocycles. The summed E-state index contributed by atoms with van der Waals surface area (Å²) in [6.07, 6.45) is 6.42. The Bertz CT molecular complexity index is 790. The van der Waals surface area contributed by atoms with E-state index < -0.39 is 0 Å². The Morgan fingerprint density at radius 3 is 2.74 bits per heavy atom. The molecule has 7 heteroatoms. The third kappa shape index (κ3) is 3.91. The summed E-state index contributed by atoms with van der Waals surface area (Å²) in [5, 5.41) is 10.1. The van der Waals surface area contributed by atoms with Crippen molar-refractivity contribution in [2.24, 2.45) is 5.92 Å². The summed E-state index contributed by atoms with van der Waals surface area (Å²) >= 11 is 0. The molecule has 0 amide bonds. The lowest BCUT2D eigenvalue weighted by Gasteiger charge is -2.29. The van der Waals surface area contributed by atoms with Crippen molar-refractivity contribution in [1.82, 2.24) is 9.97 Å². The summed E-state index contributed by atoms with van der Waals surface area (Å²) in [7, 11) is 0. The number of hydrogen-bond acceptors (Lipinski definition) is 6. The number of para-hydroxylation sites is 1. The molecule has 27 heavy (non-hydrogen) atoms. The normalized spacial score (nSPS) is 19.3. The zero-order chi connectivity index (χ0) is 18.8. The number of rotatable bonds is 6. The van der Waals surface area contributed by atoms with Gasteiger partial charge in [-0.2, -0.15) is 4.98 Å². The average molecular weight is 370 g/mol. The van der Waals surface area contributed by atoms with Crippen LogP contribution in [0, 0.1) is 11.7 Å². The Hall–Kier alpha value is -2.57. The number of fused-ring (bicyclic) bond motifs is 1. The van der Waals surface area contributed by atoms with E-state index in [0.717, 1.165) is 18.1 Å². The first-order valence-corrected chi connectivity index (χ1v) is 9.78. The van der Waals surface area contributed by atoms with Gasteiger partial charge in [0.15, 0.2) is 12.1 Å². The summed E-state index contributed by atoms with van der Waals surface area (Å²) in [5.41, 5.74) is 1.33. The zero-order valence-corrected chi connectivity index (χ0v) is 15.9. The van der Waals surface area contributed by atoms with Crippen LogP contribution in [0.5, 0.6) is 0 Å². The smallest absolute Gasteiger partial charge is 0.224 e. The molecule has 0 bridgehead atoms. The summed E-state index contributed by atoms with van der Waals surface area (Å²) in [6.45, 7) is 5.13. The molecule has 1 fully saturated rings. The van der Waals surface area contributed by atoms with Crippen LogP contribution in [0.3, 0.4) is 0 Å². The van der Waals surface area contributed by atoms with E-state index in [0.29, 0.717) is 23.6 Å². The molecular formula is C20H27FN6. The van der Waals surface area contributed by atoms with Gasteiger partial charge in [0.1, 0.15) is 5.82 Å². The van der Waals surface area contributed by atoms with Crippen LogP contribution in [0.15, 0.2) is 30.5 Å². The van der Waals surface area contributed by atoms with Gasteiger partial charge in [0.2, 0.25) is 5.95 Å². The Labute approximate surface area is 159 Å². The second-order valence-electron chi connectivity index (χ2n) is 7.77. The van der Waals surface area contributed by atoms with Crippen LogP contribution in [-0.4, -0.2) is 28.8 Å². The van der Waals surface area contributed by atoms with Gasteiger partial charge in [-0.05, 0) is 30.9 Å². The molecule has 1 atom stereocenters. The number of anilines is 4. The van der Waals surface area contributed by atoms with Crippen LogP contribution in [0.4, 0.5) is 27.5 Å². The van der Waals surface area contributed by atoms with Gasteiger partial charge in [0.25, 0.3) is 0 Å². The largest absolute Gasteiger partial charge is 0.351 e. The van der Waals surface area contributed by atoms with Crippen LogP contribution in [0.25, 0.3) is 0 Å². The molecule has 2 heterocycles. The van der Waals surface area contributed by atoms with Crippen molar-refractivity contribution in [3.63, 3.8) is 0 Å². The van der Waals surface area contributed by atoms with E-state index in [1.54, 1.807) is 12.1 Å². The monoisotopic (exact) mass is 370 g/mol. The number of benzene rings is 1. The van der Waals surface area contributed by atoms with Crippen molar-refractivity contribution < 1.29 is 4.39 Å². The van der Waals surface area contributed by atoms with E-state index in [1.165, 1.54) is 31.7 Å². The lowest BCUT2D eigenvalue weighted by Crippen LogP contribution is -2.44. The summed E-state index contributed by atoms with van der Waals surface area (Å²) in [4.78, 5) is 11.4. The summed E-state index contributed by atoms with van der Waals surface area (Å²) < 4.78 is 14.1. The van der Waals surface area contributed by atoms with Crippen molar-refractivity contribution in [3.05, 3.63) is 36.3 Å². The van der Waals surface area contributed by atoms with Gasteiger partial charge in [0.05, 0.1) is 17.6 Å². The van der Waals surface area contributed by atoms with Crippen LogP contribution < -0.4 is 20.9 Å². The predicted molar refractivity (Wildman–Crippen MR) is 108 cm³/mol. The SMILES string of the molecule is CC(C)CN1c2nc(NC3CCCC3)ncc2NC1Nc1ccccc1F. The van der Waals surface area contributed by atoms with E-state index in [-0.39, 0.29) is 12.1 Å². The second kappa shape index (κ2) is 7.58.